The molecule has 31 heavy (non-hydrogen) atoms. The molecule has 8 heteroatoms. The zero-order chi connectivity index (χ0) is 21.0. The SMILES string of the molecule is O=S(Cc1cccc(Nc2ncnc3c2cnn3-c2ccccc2)c1)C1CCOCC1. The molecule has 1 saturated heterocycles. The van der Waals surface area contributed by atoms with Crippen molar-refractivity contribution in [1.29, 1.82) is 0 Å². The van der Waals surface area contributed by atoms with Crippen molar-refractivity contribution in [2.24, 2.45) is 0 Å². The molecule has 2 aromatic heterocycles. The first-order chi connectivity index (χ1) is 15.3. The molecule has 158 valence electrons. The minimum Gasteiger partial charge on any atom is -0.381 e. The first-order valence-corrected chi connectivity index (χ1v) is 11.7. The Kier molecular flexibility index (Phi) is 5.73. The van der Waals surface area contributed by atoms with Gasteiger partial charge in [-0.05, 0) is 42.7 Å². The summed E-state index contributed by atoms with van der Waals surface area (Å²) in [6.45, 7) is 1.41. The maximum absolute atomic E-state index is 12.8. The Bertz CT molecular complexity index is 1210. The molecule has 0 radical (unpaired) electrons. The minimum atomic E-state index is -0.899. The van der Waals surface area contributed by atoms with Gasteiger partial charge in [0.05, 0.1) is 17.3 Å². The monoisotopic (exact) mass is 433 g/mol. The molecule has 1 N–H and O–H groups in total. The number of benzene rings is 2. The van der Waals surface area contributed by atoms with Crippen LogP contribution in [0.25, 0.3) is 16.7 Å². The van der Waals surface area contributed by atoms with Gasteiger partial charge in [0.25, 0.3) is 0 Å². The second kappa shape index (κ2) is 8.95. The number of nitrogens with zero attached hydrogens (tertiary/aromatic N) is 4. The van der Waals surface area contributed by atoms with E-state index in [1.807, 2.05) is 54.6 Å². The van der Waals surface area contributed by atoms with Crippen molar-refractivity contribution in [3.8, 4) is 5.69 Å². The van der Waals surface area contributed by atoms with Crippen molar-refractivity contribution in [3.63, 3.8) is 0 Å². The van der Waals surface area contributed by atoms with Gasteiger partial charge in [-0.1, -0.05) is 30.3 Å². The van der Waals surface area contributed by atoms with Crippen molar-refractivity contribution in [3.05, 3.63) is 72.7 Å². The number of rotatable bonds is 6. The summed E-state index contributed by atoms with van der Waals surface area (Å²) in [5.41, 5.74) is 3.62. The largest absolute Gasteiger partial charge is 0.381 e. The van der Waals surface area contributed by atoms with Gasteiger partial charge in [0.2, 0.25) is 0 Å². The molecular weight excluding hydrogens is 410 g/mol. The van der Waals surface area contributed by atoms with Crippen molar-refractivity contribution in [2.75, 3.05) is 18.5 Å². The maximum atomic E-state index is 12.8. The van der Waals surface area contributed by atoms with Crippen LogP contribution in [0.4, 0.5) is 11.5 Å². The molecule has 1 atom stereocenters. The Balaban J connectivity index is 1.37. The Morgan fingerprint density at radius 2 is 1.90 bits per heavy atom. The summed E-state index contributed by atoms with van der Waals surface area (Å²) in [5.74, 6) is 1.24. The number of hydrogen-bond donors (Lipinski definition) is 1. The lowest BCUT2D eigenvalue weighted by Crippen LogP contribution is -2.25. The number of para-hydroxylation sites is 1. The number of fused-ring (bicyclic) bond motifs is 1. The lowest BCUT2D eigenvalue weighted by Gasteiger charge is -2.21. The van der Waals surface area contributed by atoms with E-state index in [9.17, 15) is 4.21 Å². The molecule has 0 aliphatic carbocycles. The zero-order valence-corrected chi connectivity index (χ0v) is 17.8. The lowest BCUT2D eigenvalue weighted by atomic mass is 10.2. The van der Waals surface area contributed by atoms with E-state index in [4.69, 9.17) is 4.74 Å². The molecule has 0 spiro atoms. The number of aromatic nitrogens is 4. The van der Waals surface area contributed by atoms with Gasteiger partial charge < -0.3 is 10.1 Å². The van der Waals surface area contributed by atoms with E-state index in [-0.39, 0.29) is 5.25 Å². The smallest absolute Gasteiger partial charge is 0.168 e. The van der Waals surface area contributed by atoms with Crippen molar-refractivity contribution in [2.45, 2.75) is 23.8 Å². The van der Waals surface area contributed by atoms with Crippen LogP contribution in [0.5, 0.6) is 0 Å². The van der Waals surface area contributed by atoms with Crippen LogP contribution >= 0.6 is 0 Å². The third-order valence-electron chi connectivity index (χ3n) is 5.41. The molecule has 3 heterocycles. The Hall–Kier alpha value is -3.10. The predicted octanol–water partition coefficient (Wildman–Crippen LogP) is 3.99. The summed E-state index contributed by atoms with van der Waals surface area (Å²) in [7, 11) is -0.899. The first-order valence-electron chi connectivity index (χ1n) is 10.3. The molecule has 5 rings (SSSR count). The van der Waals surface area contributed by atoms with Gasteiger partial charge >= 0.3 is 0 Å². The standard InChI is InChI=1S/C23H23N5O2S/c29-31(20-9-11-30-12-10-20)15-17-5-4-6-18(13-17)27-22-21-14-26-28(23(21)25-16-24-22)19-7-2-1-3-8-19/h1-8,13-14,16,20H,9-12,15H2,(H,24,25,27). The molecule has 0 amide bonds. The van der Waals surface area contributed by atoms with Gasteiger partial charge in [-0.2, -0.15) is 5.10 Å². The van der Waals surface area contributed by atoms with Crippen LogP contribution in [0.3, 0.4) is 0 Å². The van der Waals surface area contributed by atoms with Crippen molar-refractivity contribution >= 4 is 33.3 Å². The summed E-state index contributed by atoms with van der Waals surface area (Å²) in [5, 5.41) is 8.94. The average Bonchev–Trinajstić information content (AvgIpc) is 3.26. The Morgan fingerprint density at radius 1 is 1.06 bits per heavy atom. The Labute approximate surface area is 182 Å². The molecule has 1 unspecified atom stereocenters. The fraction of sp³-hybridized carbons (Fsp3) is 0.261. The van der Waals surface area contributed by atoms with Gasteiger partial charge in [0, 0.05) is 40.7 Å². The van der Waals surface area contributed by atoms with Crippen molar-refractivity contribution in [1.82, 2.24) is 19.7 Å². The average molecular weight is 434 g/mol. The fourth-order valence-electron chi connectivity index (χ4n) is 3.80. The summed E-state index contributed by atoms with van der Waals surface area (Å²) in [6, 6.07) is 17.9. The minimum absolute atomic E-state index is 0.218. The molecule has 1 aliphatic rings. The highest BCUT2D eigenvalue weighted by Crippen LogP contribution is 2.25. The maximum Gasteiger partial charge on any atom is 0.168 e. The quantitative estimate of drug-likeness (QED) is 0.495. The molecule has 0 saturated carbocycles. The van der Waals surface area contributed by atoms with Gasteiger partial charge in [0.15, 0.2) is 5.65 Å². The van der Waals surface area contributed by atoms with E-state index in [0.717, 1.165) is 40.8 Å². The molecule has 2 aromatic carbocycles. The van der Waals surface area contributed by atoms with Crippen LogP contribution in [0.15, 0.2) is 67.1 Å². The van der Waals surface area contributed by atoms with Crippen LogP contribution in [0.1, 0.15) is 18.4 Å². The highest BCUT2D eigenvalue weighted by molar-refractivity contribution is 7.84. The topological polar surface area (TPSA) is 81.9 Å². The second-order valence-corrected chi connectivity index (χ2v) is 9.23. The molecule has 0 bridgehead atoms. The van der Waals surface area contributed by atoms with Crippen LogP contribution in [0, 0.1) is 0 Å². The van der Waals surface area contributed by atoms with Crippen molar-refractivity contribution < 1.29 is 8.95 Å². The summed E-state index contributed by atoms with van der Waals surface area (Å²) in [6.07, 6.45) is 5.05. The third kappa shape index (κ3) is 4.35. The van der Waals surface area contributed by atoms with Crippen LogP contribution < -0.4 is 5.32 Å². The normalized spacial score (nSPS) is 15.7. The fourth-order valence-corrected chi connectivity index (χ4v) is 5.26. The molecule has 4 aromatic rings. The number of ether oxygens (including phenoxy) is 1. The summed E-state index contributed by atoms with van der Waals surface area (Å²) >= 11 is 0. The van der Waals surface area contributed by atoms with E-state index in [1.165, 1.54) is 6.33 Å². The van der Waals surface area contributed by atoms with E-state index >= 15 is 0 Å². The molecule has 1 fully saturated rings. The van der Waals surface area contributed by atoms with E-state index in [0.29, 0.717) is 24.8 Å². The van der Waals surface area contributed by atoms with Crippen LogP contribution in [-0.4, -0.2) is 42.4 Å². The van der Waals surface area contributed by atoms with E-state index in [1.54, 1.807) is 10.9 Å². The van der Waals surface area contributed by atoms with Gasteiger partial charge in [0.1, 0.15) is 12.1 Å². The second-order valence-electron chi connectivity index (χ2n) is 7.51. The van der Waals surface area contributed by atoms with Gasteiger partial charge in [-0.15, -0.1) is 0 Å². The molecule has 1 aliphatic heterocycles. The summed E-state index contributed by atoms with van der Waals surface area (Å²) < 4.78 is 19.9. The first kappa shape index (κ1) is 19.8. The van der Waals surface area contributed by atoms with Crippen LogP contribution in [-0.2, 0) is 21.3 Å². The molecular formula is C23H23N5O2S. The van der Waals surface area contributed by atoms with Gasteiger partial charge in [-0.25, -0.2) is 14.6 Å². The van der Waals surface area contributed by atoms with E-state index < -0.39 is 10.8 Å². The van der Waals surface area contributed by atoms with Crippen LogP contribution in [0.2, 0.25) is 0 Å². The zero-order valence-electron chi connectivity index (χ0n) is 17.0. The van der Waals surface area contributed by atoms with Gasteiger partial charge in [-0.3, -0.25) is 4.21 Å². The van der Waals surface area contributed by atoms with E-state index in [2.05, 4.69) is 20.4 Å². The highest BCUT2D eigenvalue weighted by atomic mass is 32.2. The third-order valence-corrected chi connectivity index (χ3v) is 7.24. The number of nitrogens with one attached hydrogen (secondary N) is 1. The Morgan fingerprint density at radius 3 is 2.74 bits per heavy atom. The molecule has 7 nitrogen and oxygen atoms in total. The number of anilines is 2. The summed E-state index contributed by atoms with van der Waals surface area (Å²) in [4.78, 5) is 8.85. The predicted molar refractivity (Wildman–Crippen MR) is 122 cm³/mol. The number of hydrogen-bond acceptors (Lipinski definition) is 6. The lowest BCUT2D eigenvalue weighted by molar-refractivity contribution is 0.0992. The highest BCUT2D eigenvalue weighted by Gasteiger charge is 2.20.